The van der Waals surface area contributed by atoms with Crippen LogP contribution in [-0.4, -0.2) is 26.0 Å². The number of carbonyl (C=O) groups is 1. The quantitative estimate of drug-likeness (QED) is 0.803. The van der Waals surface area contributed by atoms with E-state index < -0.39 is 6.04 Å². The number of amides is 1. The maximum atomic E-state index is 11.6. The van der Waals surface area contributed by atoms with Crippen molar-refractivity contribution in [3.63, 3.8) is 0 Å². The summed E-state index contributed by atoms with van der Waals surface area (Å²) in [6.45, 7) is 2.55. The summed E-state index contributed by atoms with van der Waals surface area (Å²) >= 11 is 0. The lowest BCUT2D eigenvalue weighted by Gasteiger charge is -2.14. The molecule has 0 radical (unpaired) electrons. The Morgan fingerprint density at radius 3 is 2.44 bits per heavy atom. The highest BCUT2D eigenvalue weighted by molar-refractivity contribution is 5.81. The number of rotatable bonds is 6. The van der Waals surface area contributed by atoms with E-state index in [1.54, 1.807) is 0 Å². The molecule has 1 rings (SSSR count). The van der Waals surface area contributed by atoms with Crippen molar-refractivity contribution >= 4 is 11.6 Å². The lowest BCUT2D eigenvalue weighted by atomic mass is 10.1. The van der Waals surface area contributed by atoms with E-state index in [1.165, 1.54) is 0 Å². The van der Waals surface area contributed by atoms with Gasteiger partial charge >= 0.3 is 0 Å². The lowest BCUT2D eigenvalue weighted by Crippen LogP contribution is -2.40. The predicted octanol–water partition coefficient (Wildman–Crippen LogP) is 1.50. The average molecular weight is 249 g/mol. The summed E-state index contributed by atoms with van der Waals surface area (Å²) in [6, 6.07) is 7.71. The molecule has 0 heterocycles. The average Bonchev–Trinajstić information content (AvgIpc) is 2.36. The fourth-order valence-corrected chi connectivity index (χ4v) is 1.67. The van der Waals surface area contributed by atoms with Gasteiger partial charge in [0, 0.05) is 26.3 Å². The Labute approximate surface area is 109 Å². The molecule has 100 valence electrons. The molecule has 0 aliphatic carbocycles. The van der Waals surface area contributed by atoms with E-state index in [-0.39, 0.29) is 5.91 Å². The molecule has 0 aliphatic heterocycles. The third kappa shape index (κ3) is 4.37. The second-order valence-electron chi connectivity index (χ2n) is 4.67. The van der Waals surface area contributed by atoms with Crippen molar-refractivity contribution in [2.24, 2.45) is 5.73 Å². The van der Waals surface area contributed by atoms with Crippen LogP contribution in [-0.2, 0) is 11.3 Å². The number of benzene rings is 1. The standard InChI is InChI=1S/C14H23N3O/c1-4-5-13(15)14(18)16-10-11-6-8-12(9-7-11)17(2)3/h6-9,13H,4-5,10,15H2,1-3H3,(H,16,18). The molecule has 1 amide bonds. The van der Waals surface area contributed by atoms with Gasteiger partial charge in [0.1, 0.15) is 0 Å². The van der Waals surface area contributed by atoms with Crippen LogP contribution in [0.4, 0.5) is 5.69 Å². The first kappa shape index (κ1) is 14.5. The number of carbonyl (C=O) groups excluding carboxylic acids is 1. The molecule has 0 aliphatic rings. The van der Waals surface area contributed by atoms with Gasteiger partial charge in [0.05, 0.1) is 6.04 Å². The zero-order valence-electron chi connectivity index (χ0n) is 11.4. The monoisotopic (exact) mass is 249 g/mol. The molecule has 0 fully saturated rings. The minimum atomic E-state index is -0.393. The largest absolute Gasteiger partial charge is 0.378 e. The Balaban J connectivity index is 2.46. The van der Waals surface area contributed by atoms with Crippen molar-refractivity contribution in [3.8, 4) is 0 Å². The highest BCUT2D eigenvalue weighted by Crippen LogP contribution is 2.11. The third-order valence-corrected chi connectivity index (χ3v) is 2.86. The molecule has 1 aromatic carbocycles. The summed E-state index contributed by atoms with van der Waals surface area (Å²) in [5.41, 5.74) is 7.96. The van der Waals surface area contributed by atoms with Crippen molar-refractivity contribution in [2.75, 3.05) is 19.0 Å². The number of nitrogens with zero attached hydrogens (tertiary/aromatic N) is 1. The first-order valence-corrected chi connectivity index (χ1v) is 6.34. The van der Waals surface area contributed by atoms with Crippen LogP contribution in [0.15, 0.2) is 24.3 Å². The van der Waals surface area contributed by atoms with Gasteiger partial charge in [0.25, 0.3) is 0 Å². The Morgan fingerprint density at radius 1 is 1.33 bits per heavy atom. The van der Waals surface area contributed by atoms with Gasteiger partial charge in [0.15, 0.2) is 0 Å². The van der Waals surface area contributed by atoms with Crippen LogP contribution in [0, 0.1) is 0 Å². The molecule has 1 unspecified atom stereocenters. The van der Waals surface area contributed by atoms with Gasteiger partial charge < -0.3 is 16.0 Å². The summed E-state index contributed by atoms with van der Waals surface area (Å²) < 4.78 is 0. The Hall–Kier alpha value is -1.55. The van der Waals surface area contributed by atoms with Crippen LogP contribution in [0.3, 0.4) is 0 Å². The van der Waals surface area contributed by atoms with Crippen LogP contribution in [0.25, 0.3) is 0 Å². The summed E-state index contributed by atoms with van der Waals surface area (Å²) in [4.78, 5) is 13.7. The van der Waals surface area contributed by atoms with Gasteiger partial charge in [-0.2, -0.15) is 0 Å². The topological polar surface area (TPSA) is 58.4 Å². The van der Waals surface area contributed by atoms with Crippen LogP contribution < -0.4 is 16.0 Å². The van der Waals surface area contributed by atoms with Crippen LogP contribution in [0.2, 0.25) is 0 Å². The van der Waals surface area contributed by atoms with E-state index in [1.807, 2.05) is 50.2 Å². The molecule has 0 aromatic heterocycles. The minimum Gasteiger partial charge on any atom is -0.378 e. The SMILES string of the molecule is CCCC(N)C(=O)NCc1ccc(N(C)C)cc1. The van der Waals surface area contributed by atoms with Gasteiger partial charge in [-0.3, -0.25) is 4.79 Å². The fourth-order valence-electron chi connectivity index (χ4n) is 1.67. The summed E-state index contributed by atoms with van der Waals surface area (Å²) in [5, 5.41) is 2.85. The van der Waals surface area contributed by atoms with E-state index in [0.717, 1.165) is 24.1 Å². The second kappa shape index (κ2) is 7.01. The normalized spacial score (nSPS) is 12.0. The first-order chi connectivity index (χ1) is 8.54. The third-order valence-electron chi connectivity index (χ3n) is 2.86. The zero-order valence-corrected chi connectivity index (χ0v) is 11.4. The van der Waals surface area contributed by atoms with Gasteiger partial charge in [-0.15, -0.1) is 0 Å². The van der Waals surface area contributed by atoms with Crippen LogP contribution >= 0.6 is 0 Å². The van der Waals surface area contributed by atoms with Gasteiger partial charge in [-0.05, 0) is 24.1 Å². The highest BCUT2D eigenvalue weighted by atomic mass is 16.2. The zero-order chi connectivity index (χ0) is 13.5. The maximum absolute atomic E-state index is 11.6. The molecular formula is C14H23N3O. The Kier molecular flexibility index (Phi) is 5.65. The molecule has 4 heteroatoms. The number of hydrogen-bond acceptors (Lipinski definition) is 3. The molecule has 0 saturated heterocycles. The predicted molar refractivity (Wildman–Crippen MR) is 75.5 cm³/mol. The maximum Gasteiger partial charge on any atom is 0.237 e. The van der Waals surface area contributed by atoms with E-state index in [2.05, 4.69) is 5.32 Å². The molecule has 0 bridgehead atoms. The number of nitrogens with one attached hydrogen (secondary N) is 1. The van der Waals surface area contributed by atoms with Gasteiger partial charge in [0.2, 0.25) is 5.91 Å². The number of anilines is 1. The van der Waals surface area contributed by atoms with Crippen LogP contribution in [0.5, 0.6) is 0 Å². The van der Waals surface area contributed by atoms with Crippen LogP contribution in [0.1, 0.15) is 25.3 Å². The lowest BCUT2D eigenvalue weighted by molar-refractivity contribution is -0.122. The molecule has 3 N–H and O–H groups in total. The summed E-state index contributed by atoms with van der Waals surface area (Å²) in [7, 11) is 4.00. The minimum absolute atomic E-state index is 0.0754. The molecule has 0 spiro atoms. The van der Waals surface area contributed by atoms with Crippen molar-refractivity contribution in [2.45, 2.75) is 32.4 Å². The Morgan fingerprint density at radius 2 is 1.94 bits per heavy atom. The molecular weight excluding hydrogens is 226 g/mol. The van der Waals surface area contributed by atoms with Crippen molar-refractivity contribution in [1.82, 2.24) is 5.32 Å². The number of nitrogens with two attached hydrogens (primary N) is 1. The molecule has 1 atom stereocenters. The van der Waals surface area contributed by atoms with E-state index >= 15 is 0 Å². The second-order valence-corrected chi connectivity index (χ2v) is 4.67. The van der Waals surface area contributed by atoms with Crippen molar-refractivity contribution < 1.29 is 4.79 Å². The smallest absolute Gasteiger partial charge is 0.237 e. The van der Waals surface area contributed by atoms with E-state index in [9.17, 15) is 4.79 Å². The summed E-state index contributed by atoms with van der Waals surface area (Å²) in [6.07, 6.45) is 1.65. The van der Waals surface area contributed by atoms with Crippen molar-refractivity contribution in [3.05, 3.63) is 29.8 Å². The molecule has 4 nitrogen and oxygen atoms in total. The number of hydrogen-bond donors (Lipinski definition) is 2. The van der Waals surface area contributed by atoms with E-state index in [0.29, 0.717) is 6.54 Å². The highest BCUT2D eigenvalue weighted by Gasteiger charge is 2.11. The van der Waals surface area contributed by atoms with E-state index in [4.69, 9.17) is 5.73 Å². The van der Waals surface area contributed by atoms with Crippen molar-refractivity contribution in [1.29, 1.82) is 0 Å². The molecule has 18 heavy (non-hydrogen) atoms. The summed E-state index contributed by atoms with van der Waals surface area (Å²) in [5.74, 6) is -0.0754. The molecule has 0 saturated carbocycles. The molecule has 1 aromatic rings. The van der Waals surface area contributed by atoms with Gasteiger partial charge in [-0.1, -0.05) is 25.5 Å². The fraction of sp³-hybridized carbons (Fsp3) is 0.500. The Bertz CT molecular complexity index is 373. The first-order valence-electron chi connectivity index (χ1n) is 6.34. The van der Waals surface area contributed by atoms with Gasteiger partial charge in [-0.25, -0.2) is 0 Å².